The molecule has 0 aromatic rings. The molecule has 5 heteroatoms. The summed E-state index contributed by atoms with van der Waals surface area (Å²) in [5, 5.41) is 14.8. The van der Waals surface area contributed by atoms with Crippen molar-refractivity contribution in [3.8, 4) is 0 Å². The van der Waals surface area contributed by atoms with Gasteiger partial charge in [0.05, 0.1) is 0 Å². The van der Waals surface area contributed by atoms with Crippen molar-refractivity contribution in [1.82, 2.24) is 10.6 Å². The molecule has 1 aliphatic rings. The van der Waals surface area contributed by atoms with Crippen molar-refractivity contribution in [2.24, 2.45) is 5.41 Å². The van der Waals surface area contributed by atoms with E-state index in [0.29, 0.717) is 19.0 Å². The van der Waals surface area contributed by atoms with Crippen molar-refractivity contribution < 1.29 is 14.7 Å². The summed E-state index contributed by atoms with van der Waals surface area (Å²) in [5.74, 6) is -1.19. The highest BCUT2D eigenvalue weighted by atomic mass is 16.4. The molecule has 17 heavy (non-hydrogen) atoms. The first-order chi connectivity index (χ1) is 7.80. The minimum atomic E-state index is -0.985. The Bertz CT molecular complexity index is 293. The van der Waals surface area contributed by atoms with E-state index < -0.39 is 17.4 Å². The van der Waals surface area contributed by atoms with Crippen LogP contribution in [0.15, 0.2) is 0 Å². The number of carboxylic acids is 1. The van der Waals surface area contributed by atoms with Gasteiger partial charge in [-0.15, -0.1) is 0 Å². The first kappa shape index (κ1) is 14.0. The van der Waals surface area contributed by atoms with Gasteiger partial charge in [-0.1, -0.05) is 20.8 Å². The topological polar surface area (TPSA) is 78.4 Å². The highest BCUT2D eigenvalue weighted by Gasteiger charge is 2.32. The Hall–Kier alpha value is -1.10. The summed E-state index contributed by atoms with van der Waals surface area (Å²) in [6.07, 6.45) is 2.69. The Kier molecular flexibility index (Phi) is 4.51. The van der Waals surface area contributed by atoms with Crippen molar-refractivity contribution in [1.29, 1.82) is 0 Å². The Balaban J connectivity index is 2.32. The molecular weight excluding hydrogens is 220 g/mol. The second-order valence-electron chi connectivity index (χ2n) is 5.68. The van der Waals surface area contributed by atoms with E-state index in [1.165, 1.54) is 12.8 Å². The maximum Gasteiger partial charge on any atom is 0.326 e. The summed E-state index contributed by atoms with van der Waals surface area (Å²) in [6, 6.07) is -0.267. The summed E-state index contributed by atoms with van der Waals surface area (Å²) in [5.41, 5.74) is -0.481. The maximum absolute atomic E-state index is 11.6. The average Bonchev–Trinajstić information content (AvgIpc) is 2.95. The molecule has 0 aromatic carbocycles. The van der Waals surface area contributed by atoms with Gasteiger partial charge in [-0.3, -0.25) is 4.79 Å². The summed E-state index contributed by atoms with van der Waals surface area (Å²) < 4.78 is 0. The molecular formula is C12H22N2O3. The second kappa shape index (κ2) is 5.49. The lowest BCUT2D eigenvalue weighted by Crippen LogP contribution is -2.49. The fourth-order valence-corrected chi connectivity index (χ4v) is 1.56. The predicted molar refractivity (Wildman–Crippen MR) is 64.7 cm³/mol. The molecule has 1 atom stereocenters. The molecule has 0 aliphatic heterocycles. The Morgan fingerprint density at radius 1 is 1.35 bits per heavy atom. The van der Waals surface area contributed by atoms with E-state index in [1.807, 2.05) is 0 Å². The highest BCUT2D eigenvalue weighted by molar-refractivity contribution is 5.84. The van der Waals surface area contributed by atoms with Crippen LogP contribution in [0, 0.1) is 5.41 Å². The minimum Gasteiger partial charge on any atom is -0.480 e. The zero-order valence-electron chi connectivity index (χ0n) is 10.7. The minimum absolute atomic E-state index is 0.208. The number of nitrogens with one attached hydrogen (secondary N) is 2. The van der Waals surface area contributed by atoms with Gasteiger partial charge in [-0.25, -0.2) is 4.79 Å². The quantitative estimate of drug-likeness (QED) is 0.642. The van der Waals surface area contributed by atoms with Crippen LogP contribution in [-0.2, 0) is 9.59 Å². The zero-order chi connectivity index (χ0) is 13.1. The molecule has 1 aliphatic carbocycles. The fraction of sp³-hybridized carbons (Fsp3) is 0.833. The predicted octanol–water partition coefficient (Wildman–Crippen LogP) is 0.744. The molecule has 0 radical (unpaired) electrons. The summed E-state index contributed by atoms with van der Waals surface area (Å²) in [7, 11) is 0. The smallest absolute Gasteiger partial charge is 0.326 e. The van der Waals surface area contributed by atoms with E-state index in [1.54, 1.807) is 20.8 Å². The van der Waals surface area contributed by atoms with E-state index in [4.69, 9.17) is 5.11 Å². The van der Waals surface area contributed by atoms with Crippen LogP contribution in [0.5, 0.6) is 0 Å². The first-order valence-corrected chi connectivity index (χ1v) is 6.06. The van der Waals surface area contributed by atoms with E-state index in [0.717, 1.165) is 0 Å². The van der Waals surface area contributed by atoms with E-state index in [9.17, 15) is 9.59 Å². The monoisotopic (exact) mass is 242 g/mol. The van der Waals surface area contributed by atoms with Gasteiger partial charge in [0.1, 0.15) is 6.04 Å². The number of carboxylic acid groups (broad SMARTS) is 1. The van der Waals surface area contributed by atoms with Gasteiger partial charge in [0.15, 0.2) is 0 Å². The zero-order valence-corrected chi connectivity index (χ0v) is 10.7. The molecule has 1 fully saturated rings. The Labute approximate surface area is 102 Å². The van der Waals surface area contributed by atoms with Crippen LogP contribution in [0.2, 0.25) is 0 Å². The normalized spacial score (nSPS) is 17.6. The van der Waals surface area contributed by atoms with E-state index in [-0.39, 0.29) is 5.91 Å². The SMILES string of the molecule is CC(C)(C)C(NC(=O)CCNC1CC1)C(=O)O. The van der Waals surface area contributed by atoms with Crippen LogP contribution in [0.1, 0.15) is 40.0 Å². The molecule has 0 saturated heterocycles. The number of carbonyl (C=O) groups excluding carboxylic acids is 1. The van der Waals surface area contributed by atoms with Crippen LogP contribution >= 0.6 is 0 Å². The number of hydrogen-bond donors (Lipinski definition) is 3. The van der Waals surface area contributed by atoms with Gasteiger partial charge in [0.2, 0.25) is 5.91 Å². The van der Waals surface area contributed by atoms with Crippen LogP contribution in [0.25, 0.3) is 0 Å². The number of rotatable bonds is 6. The van der Waals surface area contributed by atoms with Gasteiger partial charge in [0, 0.05) is 19.0 Å². The standard InChI is InChI=1S/C12H22N2O3/c1-12(2,3)10(11(16)17)14-9(15)6-7-13-8-4-5-8/h8,10,13H,4-7H2,1-3H3,(H,14,15)(H,16,17). The molecule has 98 valence electrons. The van der Waals surface area contributed by atoms with Crippen LogP contribution in [0.3, 0.4) is 0 Å². The van der Waals surface area contributed by atoms with Crippen molar-refractivity contribution >= 4 is 11.9 Å². The molecule has 0 spiro atoms. The van der Waals surface area contributed by atoms with Crippen molar-refractivity contribution in [2.45, 2.75) is 52.1 Å². The molecule has 1 unspecified atom stereocenters. The second-order valence-corrected chi connectivity index (χ2v) is 5.68. The summed E-state index contributed by atoms with van der Waals surface area (Å²) >= 11 is 0. The van der Waals surface area contributed by atoms with Crippen LogP contribution in [-0.4, -0.2) is 35.6 Å². The fourth-order valence-electron chi connectivity index (χ4n) is 1.56. The lowest BCUT2D eigenvalue weighted by molar-refractivity contribution is -0.144. The third-order valence-electron chi connectivity index (χ3n) is 2.78. The van der Waals surface area contributed by atoms with Crippen molar-refractivity contribution in [3.63, 3.8) is 0 Å². The van der Waals surface area contributed by atoms with Gasteiger partial charge >= 0.3 is 5.97 Å². The molecule has 3 N–H and O–H groups in total. The van der Waals surface area contributed by atoms with Gasteiger partial charge in [-0.2, -0.15) is 0 Å². The Morgan fingerprint density at radius 2 is 1.94 bits per heavy atom. The lowest BCUT2D eigenvalue weighted by Gasteiger charge is -2.27. The molecule has 0 heterocycles. The third kappa shape index (κ3) is 5.17. The molecule has 1 saturated carbocycles. The summed E-state index contributed by atoms with van der Waals surface area (Å²) in [6.45, 7) is 6.02. The van der Waals surface area contributed by atoms with E-state index >= 15 is 0 Å². The van der Waals surface area contributed by atoms with Gasteiger partial charge < -0.3 is 15.7 Å². The third-order valence-corrected chi connectivity index (χ3v) is 2.78. The first-order valence-electron chi connectivity index (χ1n) is 6.06. The highest BCUT2D eigenvalue weighted by Crippen LogP contribution is 2.20. The van der Waals surface area contributed by atoms with Gasteiger partial charge in [0.25, 0.3) is 0 Å². The number of hydrogen-bond acceptors (Lipinski definition) is 3. The van der Waals surface area contributed by atoms with Crippen molar-refractivity contribution in [2.75, 3.05) is 6.54 Å². The largest absolute Gasteiger partial charge is 0.480 e. The Morgan fingerprint density at radius 3 is 2.35 bits per heavy atom. The number of amides is 1. The van der Waals surface area contributed by atoms with Crippen LogP contribution < -0.4 is 10.6 Å². The molecule has 1 amide bonds. The lowest BCUT2D eigenvalue weighted by atomic mass is 9.86. The van der Waals surface area contributed by atoms with Gasteiger partial charge in [-0.05, 0) is 18.3 Å². The average molecular weight is 242 g/mol. The molecule has 1 rings (SSSR count). The van der Waals surface area contributed by atoms with E-state index in [2.05, 4.69) is 10.6 Å². The number of carbonyl (C=O) groups is 2. The van der Waals surface area contributed by atoms with Crippen molar-refractivity contribution in [3.05, 3.63) is 0 Å². The molecule has 5 nitrogen and oxygen atoms in total. The maximum atomic E-state index is 11.6. The van der Waals surface area contributed by atoms with Crippen LogP contribution in [0.4, 0.5) is 0 Å². The molecule has 0 bridgehead atoms. The summed E-state index contributed by atoms with van der Waals surface area (Å²) in [4.78, 5) is 22.6. The molecule has 0 aromatic heterocycles. The number of aliphatic carboxylic acids is 1.